The van der Waals surface area contributed by atoms with Gasteiger partial charge in [0.2, 0.25) is 17.2 Å². The molecule has 2 rings (SSSR count). The maximum absolute atomic E-state index is 12.8. The third-order valence-corrected chi connectivity index (χ3v) is 4.15. The van der Waals surface area contributed by atoms with E-state index >= 15 is 0 Å². The van der Waals surface area contributed by atoms with Crippen molar-refractivity contribution in [3.8, 4) is 28.7 Å². The van der Waals surface area contributed by atoms with Crippen molar-refractivity contribution in [1.29, 1.82) is 0 Å². The highest BCUT2D eigenvalue weighted by atomic mass is 16.6. The molecule has 0 spiro atoms. The van der Waals surface area contributed by atoms with Crippen LogP contribution in [0.5, 0.6) is 28.7 Å². The van der Waals surface area contributed by atoms with Crippen LogP contribution in [0.1, 0.15) is 29.8 Å². The number of allylic oxidation sites excluding steroid dienone is 2. The zero-order valence-electron chi connectivity index (χ0n) is 16.6. The molecule has 0 aliphatic heterocycles. The summed E-state index contributed by atoms with van der Waals surface area (Å²) < 4.78 is 15.4. The summed E-state index contributed by atoms with van der Waals surface area (Å²) >= 11 is 0. The number of hydrogen-bond acceptors (Lipinski definition) is 7. The molecule has 0 amide bonds. The van der Waals surface area contributed by atoms with Gasteiger partial charge in [0.15, 0.2) is 17.3 Å². The van der Waals surface area contributed by atoms with E-state index in [2.05, 4.69) is 0 Å². The zero-order chi connectivity index (χ0) is 21.6. The van der Waals surface area contributed by atoms with Gasteiger partial charge in [-0.3, -0.25) is 4.79 Å². The zero-order valence-corrected chi connectivity index (χ0v) is 16.6. The Kier molecular flexibility index (Phi) is 7.03. The topological polar surface area (TPSA) is 102 Å². The predicted molar refractivity (Wildman–Crippen MR) is 108 cm³/mol. The lowest BCUT2D eigenvalue weighted by Gasteiger charge is -2.18. The van der Waals surface area contributed by atoms with Gasteiger partial charge in [-0.15, -0.1) is 0 Å². The molecule has 0 saturated carbocycles. The molecule has 2 aromatic rings. The lowest BCUT2D eigenvalue weighted by atomic mass is 10.0. The molecule has 0 unspecified atom stereocenters. The lowest BCUT2D eigenvalue weighted by Crippen LogP contribution is -2.12. The van der Waals surface area contributed by atoms with E-state index in [1.807, 2.05) is 18.2 Å². The van der Waals surface area contributed by atoms with E-state index < -0.39 is 34.8 Å². The van der Waals surface area contributed by atoms with Crippen molar-refractivity contribution < 1.29 is 34.0 Å². The van der Waals surface area contributed by atoms with E-state index in [4.69, 9.17) is 14.2 Å². The molecule has 2 aromatic carbocycles. The van der Waals surface area contributed by atoms with Gasteiger partial charge in [-0.05, 0) is 25.5 Å². The number of benzene rings is 2. The van der Waals surface area contributed by atoms with Gasteiger partial charge in [0.25, 0.3) is 0 Å². The van der Waals surface area contributed by atoms with Gasteiger partial charge < -0.3 is 24.4 Å². The van der Waals surface area contributed by atoms with Crippen molar-refractivity contribution in [2.24, 2.45) is 0 Å². The third-order valence-electron chi connectivity index (χ3n) is 4.15. The molecule has 0 fully saturated rings. The molecule has 0 radical (unpaired) electrons. The summed E-state index contributed by atoms with van der Waals surface area (Å²) in [5, 5.41) is 20.9. The summed E-state index contributed by atoms with van der Waals surface area (Å²) in [6.07, 6.45) is 4.31. The molecule has 29 heavy (non-hydrogen) atoms. The summed E-state index contributed by atoms with van der Waals surface area (Å²) in [5.41, 5.74) is 0.728. The number of phenolic OH excluding ortho intramolecular Hbond substituents is 2. The Morgan fingerprint density at radius 3 is 2.10 bits per heavy atom. The van der Waals surface area contributed by atoms with E-state index in [1.54, 1.807) is 25.1 Å². The quantitative estimate of drug-likeness (QED) is 0.316. The molecule has 0 aromatic heterocycles. The summed E-state index contributed by atoms with van der Waals surface area (Å²) in [7, 11) is 2.41. The normalized spacial score (nSPS) is 11.4. The first-order valence-corrected chi connectivity index (χ1v) is 8.68. The van der Waals surface area contributed by atoms with Crippen LogP contribution in [0.15, 0.2) is 48.1 Å². The average Bonchev–Trinajstić information content (AvgIpc) is 2.73. The van der Waals surface area contributed by atoms with E-state index in [-0.39, 0.29) is 16.9 Å². The Bertz CT molecular complexity index is 973. The summed E-state index contributed by atoms with van der Waals surface area (Å²) in [6.45, 7) is 3.17. The Morgan fingerprint density at radius 1 is 0.931 bits per heavy atom. The summed E-state index contributed by atoms with van der Waals surface area (Å²) in [4.78, 5) is 25.0. The number of esters is 1. The van der Waals surface area contributed by atoms with E-state index in [0.717, 1.165) is 5.56 Å². The number of phenols is 2. The highest BCUT2D eigenvalue weighted by Crippen LogP contribution is 2.52. The second kappa shape index (κ2) is 9.45. The van der Waals surface area contributed by atoms with Crippen LogP contribution < -0.4 is 14.2 Å². The maximum Gasteiger partial charge on any atom is 0.339 e. The molecule has 0 aliphatic carbocycles. The van der Waals surface area contributed by atoms with Crippen molar-refractivity contribution in [3.63, 3.8) is 0 Å². The number of ketones is 1. The number of aromatic hydroxyl groups is 2. The molecule has 7 heteroatoms. The van der Waals surface area contributed by atoms with Crippen LogP contribution in [0, 0.1) is 0 Å². The SMILES string of the molecule is C/C=C(/C)C(=O)Oc1c(O)c(OC)c(O)c(C(=O)/C=C/c2ccccc2)c1OC. The monoisotopic (exact) mass is 398 g/mol. The fraction of sp³-hybridized carbons (Fsp3) is 0.182. The number of rotatable bonds is 7. The molecule has 152 valence electrons. The standard InChI is InChI=1S/C22H22O7/c1-5-13(2)22(26)29-21-18(25)20(28-4)17(24)16(19(21)27-3)15(23)12-11-14-9-7-6-8-10-14/h5-12,24-25H,1-4H3/b12-11+,13-5-. The highest BCUT2D eigenvalue weighted by Gasteiger charge is 2.31. The smallest absolute Gasteiger partial charge is 0.339 e. The fourth-order valence-electron chi connectivity index (χ4n) is 2.48. The minimum Gasteiger partial charge on any atom is -0.504 e. The van der Waals surface area contributed by atoms with Crippen LogP contribution in [-0.4, -0.2) is 36.2 Å². The number of carbonyl (C=O) groups excluding carboxylic acids is 2. The van der Waals surface area contributed by atoms with Gasteiger partial charge in [-0.2, -0.15) is 0 Å². The minimum atomic E-state index is -0.757. The van der Waals surface area contributed by atoms with Gasteiger partial charge in [0.1, 0.15) is 5.56 Å². The van der Waals surface area contributed by atoms with Crippen LogP contribution in [-0.2, 0) is 4.79 Å². The summed E-state index contributed by atoms with van der Waals surface area (Å²) in [5.74, 6) is -3.82. The molecular weight excluding hydrogens is 376 g/mol. The Balaban J connectivity index is 2.61. The highest BCUT2D eigenvalue weighted by molar-refractivity contribution is 6.12. The molecule has 7 nitrogen and oxygen atoms in total. The van der Waals surface area contributed by atoms with Crippen LogP contribution in [0.2, 0.25) is 0 Å². The molecule has 0 aliphatic rings. The first-order chi connectivity index (χ1) is 13.8. The van der Waals surface area contributed by atoms with Gasteiger partial charge in [-0.25, -0.2) is 4.79 Å². The van der Waals surface area contributed by atoms with Crippen LogP contribution >= 0.6 is 0 Å². The van der Waals surface area contributed by atoms with Crippen molar-refractivity contribution in [1.82, 2.24) is 0 Å². The average molecular weight is 398 g/mol. The first kappa shape index (κ1) is 21.6. The van der Waals surface area contributed by atoms with Crippen LogP contribution in [0.4, 0.5) is 0 Å². The second-order valence-corrected chi connectivity index (χ2v) is 5.94. The van der Waals surface area contributed by atoms with Crippen LogP contribution in [0.3, 0.4) is 0 Å². The molecule has 0 atom stereocenters. The number of ether oxygens (including phenoxy) is 3. The molecular formula is C22H22O7. The molecule has 0 bridgehead atoms. The summed E-state index contributed by atoms with van der Waals surface area (Å²) in [6, 6.07) is 9.06. The van der Waals surface area contributed by atoms with Crippen molar-refractivity contribution in [2.75, 3.05) is 14.2 Å². The van der Waals surface area contributed by atoms with Gasteiger partial charge in [-0.1, -0.05) is 42.5 Å². The van der Waals surface area contributed by atoms with Crippen molar-refractivity contribution in [3.05, 3.63) is 59.2 Å². The fourth-order valence-corrected chi connectivity index (χ4v) is 2.48. The lowest BCUT2D eigenvalue weighted by molar-refractivity contribution is -0.130. The first-order valence-electron chi connectivity index (χ1n) is 8.68. The van der Waals surface area contributed by atoms with Crippen molar-refractivity contribution >= 4 is 17.8 Å². The number of hydrogen-bond donors (Lipinski definition) is 2. The second-order valence-electron chi connectivity index (χ2n) is 5.94. The van der Waals surface area contributed by atoms with Crippen molar-refractivity contribution in [2.45, 2.75) is 13.8 Å². The largest absolute Gasteiger partial charge is 0.504 e. The molecule has 0 saturated heterocycles. The Hall–Kier alpha value is -3.74. The van der Waals surface area contributed by atoms with Gasteiger partial charge in [0.05, 0.1) is 14.2 Å². The van der Waals surface area contributed by atoms with E-state index in [0.29, 0.717) is 0 Å². The molecule has 2 N–H and O–H groups in total. The Morgan fingerprint density at radius 2 is 1.55 bits per heavy atom. The third kappa shape index (κ3) is 4.57. The molecule has 0 heterocycles. The van der Waals surface area contributed by atoms with Gasteiger partial charge in [0, 0.05) is 5.57 Å². The number of methoxy groups -OCH3 is 2. The minimum absolute atomic E-state index is 0.273. The predicted octanol–water partition coefficient (Wildman–Crippen LogP) is 3.88. The van der Waals surface area contributed by atoms with E-state index in [9.17, 15) is 19.8 Å². The van der Waals surface area contributed by atoms with E-state index in [1.165, 1.54) is 33.3 Å². The van der Waals surface area contributed by atoms with Crippen LogP contribution in [0.25, 0.3) is 6.08 Å². The van der Waals surface area contributed by atoms with Gasteiger partial charge >= 0.3 is 5.97 Å². The number of carbonyl (C=O) groups is 2. The maximum atomic E-state index is 12.8. The Labute approximate surface area is 168 Å².